The quantitative estimate of drug-likeness (QED) is 0.911. The zero-order valence-corrected chi connectivity index (χ0v) is 14.5. The Morgan fingerprint density at radius 1 is 1.25 bits per heavy atom. The number of nitrogens with zero attached hydrogens (tertiary/aromatic N) is 2. The fraction of sp³-hybridized carbons (Fsp3) is 0.278. The maximum Gasteiger partial charge on any atom is 0.264 e. The number of sulfonamides is 1. The third kappa shape index (κ3) is 2.88. The molecule has 1 unspecified atom stereocenters. The molecule has 24 heavy (non-hydrogen) atoms. The molecule has 6 heteroatoms. The van der Waals surface area contributed by atoms with Crippen molar-refractivity contribution in [2.75, 3.05) is 10.8 Å². The van der Waals surface area contributed by atoms with Gasteiger partial charge in [0.05, 0.1) is 22.2 Å². The predicted octanol–water partition coefficient (Wildman–Crippen LogP) is 2.55. The summed E-state index contributed by atoms with van der Waals surface area (Å²) in [6.45, 7) is 4.68. The highest BCUT2D eigenvalue weighted by Crippen LogP contribution is 2.30. The molecule has 3 rings (SSSR count). The molecule has 0 saturated heterocycles. The number of rotatable bonds is 2. The molecule has 5 nitrogen and oxygen atoms in total. The molecule has 1 atom stereocenters. The molecular formula is C18H19N3O2S. The zero-order valence-electron chi connectivity index (χ0n) is 13.7. The van der Waals surface area contributed by atoms with Crippen LogP contribution in [-0.2, 0) is 16.6 Å². The average Bonchev–Trinajstić information content (AvgIpc) is 2.75. The number of fused-ring (bicyclic) bond motifs is 1. The van der Waals surface area contributed by atoms with E-state index < -0.39 is 10.0 Å². The van der Waals surface area contributed by atoms with Gasteiger partial charge in [-0.05, 0) is 43.2 Å². The molecular weight excluding hydrogens is 322 g/mol. The fourth-order valence-corrected chi connectivity index (χ4v) is 4.74. The SMILES string of the molecule is Cc1ccc(C#N)cc1S(=O)(=O)N1CC(C)NCc2ccccc21. The van der Waals surface area contributed by atoms with Gasteiger partial charge in [-0.25, -0.2) is 8.42 Å². The minimum atomic E-state index is -3.75. The maximum absolute atomic E-state index is 13.3. The summed E-state index contributed by atoms with van der Waals surface area (Å²) in [4.78, 5) is 0.186. The van der Waals surface area contributed by atoms with Gasteiger partial charge >= 0.3 is 0 Å². The molecule has 0 saturated carbocycles. The third-order valence-corrected chi connectivity index (χ3v) is 6.15. The summed E-state index contributed by atoms with van der Waals surface area (Å²) < 4.78 is 28.1. The molecule has 0 bridgehead atoms. The van der Waals surface area contributed by atoms with Gasteiger partial charge < -0.3 is 5.32 Å². The Hall–Kier alpha value is -2.36. The number of aryl methyl sites for hydroxylation is 1. The monoisotopic (exact) mass is 341 g/mol. The summed E-state index contributed by atoms with van der Waals surface area (Å²) in [5.41, 5.74) is 2.61. The van der Waals surface area contributed by atoms with Crippen LogP contribution in [0, 0.1) is 18.3 Å². The Morgan fingerprint density at radius 2 is 2.00 bits per heavy atom. The summed E-state index contributed by atoms with van der Waals surface area (Å²) in [6, 6.07) is 14.3. The highest BCUT2D eigenvalue weighted by atomic mass is 32.2. The standard InChI is InChI=1S/C18H19N3O2S/c1-13-7-8-15(10-19)9-18(13)24(22,23)21-12-14(2)20-11-16-5-3-4-6-17(16)21/h3-9,14,20H,11-12H2,1-2H3. The van der Waals surface area contributed by atoms with Gasteiger partial charge in [-0.2, -0.15) is 5.26 Å². The number of benzene rings is 2. The molecule has 124 valence electrons. The first kappa shape index (κ1) is 16.5. The van der Waals surface area contributed by atoms with Crippen LogP contribution in [0.25, 0.3) is 0 Å². The summed E-state index contributed by atoms with van der Waals surface area (Å²) in [5.74, 6) is 0. The Morgan fingerprint density at radius 3 is 2.75 bits per heavy atom. The second-order valence-electron chi connectivity index (χ2n) is 6.04. The number of para-hydroxylation sites is 1. The number of hydrogen-bond acceptors (Lipinski definition) is 4. The summed E-state index contributed by atoms with van der Waals surface area (Å²) in [7, 11) is -3.75. The van der Waals surface area contributed by atoms with E-state index in [0.717, 1.165) is 5.56 Å². The lowest BCUT2D eigenvalue weighted by Gasteiger charge is -2.26. The van der Waals surface area contributed by atoms with E-state index in [2.05, 4.69) is 5.32 Å². The molecule has 0 aromatic heterocycles. The highest BCUT2D eigenvalue weighted by Gasteiger charge is 2.31. The van der Waals surface area contributed by atoms with Crippen molar-refractivity contribution in [3.63, 3.8) is 0 Å². The van der Waals surface area contributed by atoms with Crippen molar-refractivity contribution in [2.24, 2.45) is 0 Å². The fourth-order valence-electron chi connectivity index (χ4n) is 2.89. The molecule has 0 fully saturated rings. The number of anilines is 1. The van der Waals surface area contributed by atoms with Gasteiger partial charge in [0.25, 0.3) is 10.0 Å². The average molecular weight is 341 g/mol. The van der Waals surface area contributed by atoms with E-state index in [1.54, 1.807) is 19.1 Å². The van der Waals surface area contributed by atoms with Gasteiger partial charge in [-0.15, -0.1) is 0 Å². The van der Waals surface area contributed by atoms with Crippen LogP contribution in [-0.4, -0.2) is 21.0 Å². The smallest absolute Gasteiger partial charge is 0.264 e. The number of nitrogens with one attached hydrogen (secondary N) is 1. The normalized spacial score (nSPS) is 17.7. The van der Waals surface area contributed by atoms with Gasteiger partial charge in [-0.1, -0.05) is 24.3 Å². The summed E-state index contributed by atoms with van der Waals surface area (Å²) in [6.07, 6.45) is 0. The molecule has 1 N–H and O–H groups in total. The molecule has 1 heterocycles. The van der Waals surface area contributed by atoms with Crippen molar-refractivity contribution in [1.82, 2.24) is 5.32 Å². The minimum Gasteiger partial charge on any atom is -0.308 e. The van der Waals surface area contributed by atoms with Crippen LogP contribution in [0.2, 0.25) is 0 Å². The van der Waals surface area contributed by atoms with Crippen LogP contribution < -0.4 is 9.62 Å². The maximum atomic E-state index is 13.3. The predicted molar refractivity (Wildman–Crippen MR) is 93.2 cm³/mol. The van der Waals surface area contributed by atoms with Crippen LogP contribution >= 0.6 is 0 Å². The molecule has 0 amide bonds. The first-order chi connectivity index (χ1) is 11.4. The van der Waals surface area contributed by atoms with Gasteiger partial charge in [0, 0.05) is 19.1 Å². The van der Waals surface area contributed by atoms with Crippen molar-refractivity contribution in [1.29, 1.82) is 5.26 Å². The van der Waals surface area contributed by atoms with Crippen LogP contribution in [0.4, 0.5) is 5.69 Å². The Kier molecular flexibility index (Phi) is 4.31. The molecule has 0 radical (unpaired) electrons. The van der Waals surface area contributed by atoms with E-state index in [1.165, 1.54) is 10.4 Å². The Bertz CT molecular complexity index is 916. The van der Waals surface area contributed by atoms with Crippen LogP contribution in [0.3, 0.4) is 0 Å². The largest absolute Gasteiger partial charge is 0.308 e. The molecule has 1 aliphatic heterocycles. The van der Waals surface area contributed by atoms with Gasteiger partial charge in [0.1, 0.15) is 0 Å². The summed E-state index contributed by atoms with van der Waals surface area (Å²) in [5, 5.41) is 12.4. The van der Waals surface area contributed by atoms with Crippen LogP contribution in [0.1, 0.15) is 23.6 Å². The van der Waals surface area contributed by atoms with Gasteiger partial charge in [-0.3, -0.25) is 4.31 Å². The Labute approximate surface area is 142 Å². The van der Waals surface area contributed by atoms with E-state index in [0.29, 0.717) is 29.9 Å². The lowest BCUT2D eigenvalue weighted by molar-refractivity contribution is 0.556. The summed E-state index contributed by atoms with van der Waals surface area (Å²) >= 11 is 0. The van der Waals surface area contributed by atoms with Crippen LogP contribution in [0.15, 0.2) is 47.4 Å². The second-order valence-corrected chi connectivity index (χ2v) is 7.87. The highest BCUT2D eigenvalue weighted by molar-refractivity contribution is 7.92. The van der Waals surface area contributed by atoms with Gasteiger partial charge in [0.2, 0.25) is 0 Å². The number of nitriles is 1. The first-order valence-corrected chi connectivity index (χ1v) is 9.22. The molecule has 0 aliphatic carbocycles. The first-order valence-electron chi connectivity index (χ1n) is 7.78. The van der Waals surface area contributed by atoms with E-state index in [-0.39, 0.29) is 10.9 Å². The zero-order chi connectivity index (χ0) is 17.3. The molecule has 0 spiro atoms. The lowest BCUT2D eigenvalue weighted by Crippen LogP contribution is -2.39. The second kappa shape index (κ2) is 6.27. The van der Waals surface area contributed by atoms with E-state index >= 15 is 0 Å². The van der Waals surface area contributed by atoms with Crippen molar-refractivity contribution in [3.8, 4) is 6.07 Å². The number of hydrogen-bond donors (Lipinski definition) is 1. The van der Waals surface area contributed by atoms with E-state index in [1.807, 2.05) is 37.3 Å². The van der Waals surface area contributed by atoms with Crippen molar-refractivity contribution in [2.45, 2.75) is 31.3 Å². The Balaban J connectivity index is 2.17. The van der Waals surface area contributed by atoms with Crippen molar-refractivity contribution in [3.05, 3.63) is 59.2 Å². The van der Waals surface area contributed by atoms with Crippen molar-refractivity contribution < 1.29 is 8.42 Å². The van der Waals surface area contributed by atoms with E-state index in [4.69, 9.17) is 5.26 Å². The molecule has 2 aromatic rings. The molecule has 1 aliphatic rings. The lowest BCUT2D eigenvalue weighted by atomic mass is 10.2. The minimum absolute atomic E-state index is 0.0200. The third-order valence-electron chi connectivity index (χ3n) is 4.23. The van der Waals surface area contributed by atoms with Crippen molar-refractivity contribution >= 4 is 15.7 Å². The van der Waals surface area contributed by atoms with Crippen LogP contribution in [0.5, 0.6) is 0 Å². The van der Waals surface area contributed by atoms with E-state index in [9.17, 15) is 8.42 Å². The molecule has 2 aromatic carbocycles. The topological polar surface area (TPSA) is 73.2 Å². The van der Waals surface area contributed by atoms with Gasteiger partial charge in [0.15, 0.2) is 0 Å².